The molecule has 1 aromatic carbocycles. The lowest BCUT2D eigenvalue weighted by Gasteiger charge is -2.14. The number of aromatic nitrogens is 6. The Morgan fingerprint density at radius 3 is 2.59 bits per heavy atom. The minimum Gasteiger partial charge on any atom is -0.347 e. The summed E-state index contributed by atoms with van der Waals surface area (Å²) in [6.07, 6.45) is 2.66. The number of fused-ring (bicyclic) bond motifs is 1. The average molecular weight is 519 g/mol. The molecule has 1 unspecified atom stereocenters. The van der Waals surface area contributed by atoms with Crippen LogP contribution in [0.4, 0.5) is 0 Å². The maximum atomic E-state index is 13.0. The molecule has 0 saturated carbocycles. The fraction of sp³-hybridized carbons (Fsp3) is 0.320. The van der Waals surface area contributed by atoms with E-state index in [9.17, 15) is 14.4 Å². The number of nitrogens with one attached hydrogen (secondary N) is 2. The summed E-state index contributed by atoms with van der Waals surface area (Å²) in [5, 5.41) is 15.5. The van der Waals surface area contributed by atoms with E-state index in [-0.39, 0.29) is 34.9 Å². The molecule has 12 heteroatoms. The Bertz CT molecular complexity index is 1540. The molecule has 3 heterocycles. The van der Waals surface area contributed by atoms with Crippen LogP contribution in [-0.4, -0.2) is 41.6 Å². The van der Waals surface area contributed by atoms with Crippen LogP contribution in [0.3, 0.4) is 0 Å². The molecule has 0 aliphatic heterocycles. The average Bonchev–Trinajstić information content (AvgIpc) is 3.62. The maximum Gasteiger partial charge on any atom is 0.368 e. The van der Waals surface area contributed by atoms with E-state index in [1.54, 1.807) is 24.5 Å². The van der Waals surface area contributed by atoms with Crippen molar-refractivity contribution in [2.24, 2.45) is 7.05 Å². The third-order valence-corrected chi connectivity index (χ3v) is 7.59. The highest BCUT2D eigenvalue weighted by molar-refractivity contribution is 7.10. The van der Waals surface area contributed by atoms with Gasteiger partial charge in [0, 0.05) is 24.5 Å². The number of amides is 2. The Morgan fingerprint density at radius 1 is 1.11 bits per heavy atom. The van der Waals surface area contributed by atoms with Gasteiger partial charge in [-0.25, -0.2) is 14.8 Å². The second kappa shape index (κ2) is 10.1. The first kappa shape index (κ1) is 24.5. The molecule has 1 atom stereocenters. The van der Waals surface area contributed by atoms with E-state index in [4.69, 9.17) is 0 Å². The van der Waals surface area contributed by atoms with Gasteiger partial charge < -0.3 is 10.6 Å². The number of benzene rings is 1. The quantitative estimate of drug-likeness (QED) is 0.383. The molecule has 3 aromatic heterocycles. The summed E-state index contributed by atoms with van der Waals surface area (Å²) >= 11 is 1.67. The van der Waals surface area contributed by atoms with Crippen molar-refractivity contribution in [2.45, 2.75) is 45.2 Å². The SMILES string of the molecule is CC(C)c1cc(CNC(=O)c2cc(C(=O)NC3CCc4cc(-n5nnn(C)c5=O)ccc43)ncn2)cs1. The van der Waals surface area contributed by atoms with Gasteiger partial charge in [-0.15, -0.1) is 11.3 Å². The molecule has 0 bridgehead atoms. The first-order valence-corrected chi connectivity index (χ1v) is 12.8. The summed E-state index contributed by atoms with van der Waals surface area (Å²) in [4.78, 5) is 47.1. The van der Waals surface area contributed by atoms with Crippen LogP contribution in [0.25, 0.3) is 5.69 Å². The third kappa shape index (κ3) is 5.05. The predicted molar refractivity (Wildman–Crippen MR) is 137 cm³/mol. The van der Waals surface area contributed by atoms with Crippen LogP contribution in [0.5, 0.6) is 0 Å². The van der Waals surface area contributed by atoms with Crippen LogP contribution < -0.4 is 16.3 Å². The molecule has 5 rings (SSSR count). The van der Waals surface area contributed by atoms with Gasteiger partial charge in [0.1, 0.15) is 17.7 Å². The van der Waals surface area contributed by atoms with Crippen molar-refractivity contribution in [1.29, 1.82) is 0 Å². The van der Waals surface area contributed by atoms with Crippen LogP contribution in [0.15, 0.2) is 46.8 Å². The molecule has 1 aliphatic rings. The molecule has 37 heavy (non-hydrogen) atoms. The molecule has 0 spiro atoms. The Labute approximate surface area is 216 Å². The van der Waals surface area contributed by atoms with E-state index in [2.05, 4.69) is 50.9 Å². The summed E-state index contributed by atoms with van der Waals surface area (Å²) in [5.74, 6) is -0.316. The van der Waals surface area contributed by atoms with Gasteiger partial charge in [-0.3, -0.25) is 9.59 Å². The molecular formula is C25H26N8O3S. The van der Waals surface area contributed by atoms with E-state index < -0.39 is 0 Å². The Hall–Kier alpha value is -4.19. The number of carbonyl (C=O) groups excluding carboxylic acids is 2. The molecule has 0 saturated heterocycles. The van der Waals surface area contributed by atoms with Crippen molar-refractivity contribution in [3.05, 3.63) is 85.5 Å². The summed E-state index contributed by atoms with van der Waals surface area (Å²) in [7, 11) is 1.54. The van der Waals surface area contributed by atoms with Gasteiger partial charge in [-0.05, 0) is 69.5 Å². The number of carbonyl (C=O) groups is 2. The molecule has 4 aromatic rings. The highest BCUT2D eigenvalue weighted by atomic mass is 32.1. The van der Waals surface area contributed by atoms with Crippen molar-refractivity contribution in [1.82, 2.24) is 40.4 Å². The second-order valence-corrected chi connectivity index (χ2v) is 10.2. The van der Waals surface area contributed by atoms with Crippen molar-refractivity contribution in [3.8, 4) is 5.69 Å². The van der Waals surface area contributed by atoms with E-state index in [0.29, 0.717) is 24.6 Å². The zero-order chi connectivity index (χ0) is 26.1. The summed E-state index contributed by atoms with van der Waals surface area (Å²) < 4.78 is 2.40. The normalized spacial score (nSPS) is 14.5. The first-order valence-electron chi connectivity index (χ1n) is 11.9. The lowest BCUT2D eigenvalue weighted by atomic mass is 10.1. The predicted octanol–water partition coefficient (Wildman–Crippen LogP) is 2.29. The van der Waals surface area contributed by atoms with Gasteiger partial charge in [0.2, 0.25) is 0 Å². The summed E-state index contributed by atoms with van der Waals surface area (Å²) in [5.41, 5.74) is 3.57. The van der Waals surface area contributed by atoms with Gasteiger partial charge in [0.05, 0.1) is 11.7 Å². The second-order valence-electron chi connectivity index (χ2n) is 9.23. The minimum absolute atomic E-state index is 0.119. The lowest BCUT2D eigenvalue weighted by Crippen LogP contribution is -2.29. The highest BCUT2D eigenvalue weighted by Gasteiger charge is 2.26. The summed E-state index contributed by atoms with van der Waals surface area (Å²) in [6.45, 7) is 4.64. The fourth-order valence-electron chi connectivity index (χ4n) is 4.26. The Balaban J connectivity index is 1.24. The maximum absolute atomic E-state index is 13.0. The zero-order valence-electron chi connectivity index (χ0n) is 20.6. The number of hydrogen-bond acceptors (Lipinski definition) is 8. The largest absolute Gasteiger partial charge is 0.368 e. The number of nitrogens with zero attached hydrogens (tertiary/aromatic N) is 6. The van der Waals surface area contributed by atoms with Gasteiger partial charge >= 0.3 is 5.69 Å². The van der Waals surface area contributed by atoms with Gasteiger partial charge in [0.25, 0.3) is 11.8 Å². The number of thiophene rings is 1. The van der Waals surface area contributed by atoms with Crippen molar-refractivity contribution < 1.29 is 9.59 Å². The molecule has 2 amide bonds. The highest BCUT2D eigenvalue weighted by Crippen LogP contribution is 2.32. The van der Waals surface area contributed by atoms with E-state index in [1.165, 1.54) is 22.0 Å². The topological polar surface area (TPSA) is 137 Å². The van der Waals surface area contributed by atoms with Crippen LogP contribution in [-0.2, 0) is 20.0 Å². The first-order chi connectivity index (χ1) is 17.8. The van der Waals surface area contributed by atoms with Crippen LogP contribution in [0.1, 0.15) is 74.8 Å². The molecule has 190 valence electrons. The fourth-order valence-corrected chi connectivity index (χ4v) is 5.19. The number of aryl methyl sites for hydroxylation is 2. The third-order valence-electron chi connectivity index (χ3n) is 6.30. The van der Waals surface area contributed by atoms with E-state index in [0.717, 1.165) is 27.8 Å². The van der Waals surface area contributed by atoms with E-state index in [1.807, 2.05) is 17.5 Å². The number of hydrogen-bond donors (Lipinski definition) is 2. The lowest BCUT2D eigenvalue weighted by molar-refractivity contribution is 0.0931. The molecule has 0 radical (unpaired) electrons. The van der Waals surface area contributed by atoms with Gasteiger partial charge in [-0.2, -0.15) is 9.36 Å². The monoisotopic (exact) mass is 518 g/mol. The molecule has 2 N–H and O–H groups in total. The molecule has 11 nitrogen and oxygen atoms in total. The molecule has 0 fully saturated rings. The van der Waals surface area contributed by atoms with Crippen molar-refractivity contribution in [2.75, 3.05) is 0 Å². The number of tetrazole rings is 1. The van der Waals surface area contributed by atoms with Crippen molar-refractivity contribution >= 4 is 23.2 Å². The Morgan fingerprint density at radius 2 is 1.89 bits per heavy atom. The molecular weight excluding hydrogens is 492 g/mol. The van der Waals surface area contributed by atoms with Gasteiger partial charge in [-0.1, -0.05) is 19.9 Å². The zero-order valence-corrected chi connectivity index (χ0v) is 21.5. The standard InChI is InChI=1S/C25H26N8O3S/c1-14(2)22-8-15(12-37-22)11-26-23(34)20-10-21(28-13-27-20)24(35)29-19-7-4-16-9-17(5-6-18(16)19)33-25(36)32(3)30-31-33/h5-6,8-10,12-14,19H,4,7,11H2,1-3H3,(H,26,34)(H,29,35). The van der Waals surface area contributed by atoms with Crippen LogP contribution >= 0.6 is 11.3 Å². The minimum atomic E-state index is -0.386. The smallest absolute Gasteiger partial charge is 0.347 e. The molecule has 1 aliphatic carbocycles. The van der Waals surface area contributed by atoms with Crippen molar-refractivity contribution in [3.63, 3.8) is 0 Å². The van der Waals surface area contributed by atoms with Gasteiger partial charge in [0.15, 0.2) is 0 Å². The van der Waals surface area contributed by atoms with E-state index >= 15 is 0 Å². The van der Waals surface area contributed by atoms with Crippen LogP contribution in [0, 0.1) is 0 Å². The Kier molecular flexibility index (Phi) is 6.66. The van der Waals surface area contributed by atoms with Crippen LogP contribution in [0.2, 0.25) is 0 Å². The number of rotatable bonds is 7. The summed E-state index contributed by atoms with van der Waals surface area (Å²) in [6, 6.07) is 8.83.